The van der Waals surface area contributed by atoms with E-state index in [1.165, 1.54) is 6.42 Å². The maximum Gasteiger partial charge on any atom is 0.0132 e. The molecule has 0 bridgehead atoms. The van der Waals surface area contributed by atoms with Crippen LogP contribution in [-0.4, -0.2) is 44.0 Å². The van der Waals surface area contributed by atoms with Crippen molar-refractivity contribution in [2.24, 2.45) is 82.9 Å². The molecule has 332 valence electrons. The number of hydrogen-bond donors (Lipinski definition) is 0. The van der Waals surface area contributed by atoms with E-state index < -0.39 is 0 Å². The van der Waals surface area contributed by atoms with Crippen LogP contribution >= 0.6 is 23.5 Å². The second kappa shape index (κ2) is 18.1. The van der Waals surface area contributed by atoms with E-state index in [1.54, 1.807) is 218 Å². The number of hydrogen-bond acceptors (Lipinski definition) is 3. The number of thioether (sulfide) groups is 2. The van der Waals surface area contributed by atoms with Crippen LogP contribution in [0.3, 0.4) is 0 Å². The van der Waals surface area contributed by atoms with Crippen molar-refractivity contribution in [2.45, 2.75) is 264 Å². The van der Waals surface area contributed by atoms with E-state index in [0.717, 1.165) is 122 Å². The second-order valence-corrected chi connectivity index (χ2v) is 28.0. The van der Waals surface area contributed by atoms with Crippen molar-refractivity contribution >= 4 is 23.5 Å². The summed E-state index contributed by atoms with van der Waals surface area (Å²) in [5.74, 6) is 15.2. The Morgan fingerprint density at radius 3 is 1.36 bits per heavy atom. The average molecular weight is 842 g/mol. The molecule has 12 aliphatic rings. The number of rotatable bonds is 6. The molecule has 10 aliphatic carbocycles. The standard InChI is InChI=1S/C56H91NS2/c1-3-12-40-34-42(22-20-36(40)10-1)38-24-28-44(29-25-38)57(45-30-26-39(27-31-45)43-23-21-37-11-2-4-13-41(37)35-43)51-18-7-5-14-46(51)47-16-9-17-48-49-32-33-53-54(56(49)59-55(47)48)50-15-6-8-19-52(50)58-53/h36-56H,1-35H2. The lowest BCUT2D eigenvalue weighted by Crippen LogP contribution is -2.57. The highest BCUT2D eigenvalue weighted by molar-refractivity contribution is 8.02. The maximum atomic E-state index is 3.51. The molecule has 17 atom stereocenters. The van der Waals surface area contributed by atoms with Gasteiger partial charge in [0.25, 0.3) is 0 Å². The topological polar surface area (TPSA) is 3.24 Å². The Hall–Kier alpha value is 0.660. The van der Waals surface area contributed by atoms with Crippen LogP contribution in [0.25, 0.3) is 0 Å². The van der Waals surface area contributed by atoms with Crippen LogP contribution in [-0.2, 0) is 0 Å². The third-order valence-electron chi connectivity index (χ3n) is 22.9. The minimum absolute atomic E-state index is 0.916. The smallest absolute Gasteiger partial charge is 0.0132 e. The van der Waals surface area contributed by atoms with E-state index in [2.05, 4.69) is 28.4 Å². The lowest BCUT2D eigenvalue weighted by molar-refractivity contribution is -0.0433. The molecule has 0 radical (unpaired) electrons. The monoisotopic (exact) mass is 842 g/mol. The van der Waals surface area contributed by atoms with Gasteiger partial charge >= 0.3 is 0 Å². The van der Waals surface area contributed by atoms with Gasteiger partial charge < -0.3 is 0 Å². The predicted molar refractivity (Wildman–Crippen MR) is 254 cm³/mol. The van der Waals surface area contributed by atoms with E-state index in [-0.39, 0.29) is 0 Å². The highest BCUT2D eigenvalue weighted by atomic mass is 32.2. The van der Waals surface area contributed by atoms with E-state index in [9.17, 15) is 0 Å². The van der Waals surface area contributed by atoms with Gasteiger partial charge in [0.2, 0.25) is 0 Å². The van der Waals surface area contributed by atoms with E-state index >= 15 is 0 Å². The first kappa shape index (κ1) is 41.1. The van der Waals surface area contributed by atoms with Gasteiger partial charge in [-0.2, -0.15) is 23.5 Å². The molecule has 10 saturated carbocycles. The predicted octanol–water partition coefficient (Wildman–Crippen LogP) is 15.8. The first-order valence-electron chi connectivity index (χ1n) is 28.3. The van der Waals surface area contributed by atoms with E-state index in [1.807, 2.05) is 0 Å². The molecule has 0 amide bonds. The van der Waals surface area contributed by atoms with Crippen molar-refractivity contribution < 1.29 is 0 Å². The molecule has 3 heteroatoms. The lowest BCUT2D eigenvalue weighted by Gasteiger charge is -2.55. The van der Waals surface area contributed by atoms with E-state index in [4.69, 9.17) is 0 Å². The average Bonchev–Trinajstić information content (AvgIpc) is 3.88. The van der Waals surface area contributed by atoms with Crippen molar-refractivity contribution in [3.8, 4) is 0 Å². The summed E-state index contributed by atoms with van der Waals surface area (Å²) in [5.41, 5.74) is 0. The first-order valence-corrected chi connectivity index (χ1v) is 30.2. The highest BCUT2D eigenvalue weighted by Gasteiger charge is 2.60. The molecule has 0 spiro atoms. The van der Waals surface area contributed by atoms with Crippen molar-refractivity contribution in [1.82, 2.24) is 4.90 Å². The summed E-state index contributed by atoms with van der Waals surface area (Å²) in [6, 6.07) is 2.76. The quantitative estimate of drug-likeness (QED) is 0.262. The Kier molecular flexibility index (Phi) is 12.6. The molecule has 12 fully saturated rings. The van der Waals surface area contributed by atoms with Gasteiger partial charge in [-0.1, -0.05) is 83.5 Å². The molecular formula is C56H91NS2. The van der Waals surface area contributed by atoms with Crippen molar-refractivity contribution in [3.05, 3.63) is 0 Å². The fourth-order valence-corrected chi connectivity index (χ4v) is 25.0. The minimum Gasteiger partial charge on any atom is -0.294 e. The third kappa shape index (κ3) is 7.98. The molecule has 0 N–H and O–H groups in total. The van der Waals surface area contributed by atoms with Gasteiger partial charge in [0, 0.05) is 39.1 Å². The Balaban J connectivity index is 0.774. The fourth-order valence-electron chi connectivity index (χ4n) is 20.3. The molecule has 2 heterocycles. The summed E-state index contributed by atoms with van der Waals surface area (Å²) in [6.07, 6.45) is 55.3. The molecule has 1 nitrogen and oxygen atoms in total. The molecule has 0 aromatic rings. The third-order valence-corrected chi connectivity index (χ3v) is 26.8. The summed E-state index contributed by atoms with van der Waals surface area (Å²) < 4.78 is 0. The Morgan fingerprint density at radius 2 is 0.712 bits per heavy atom. The minimum atomic E-state index is 0.916. The lowest BCUT2D eigenvalue weighted by atomic mass is 9.61. The zero-order valence-corrected chi connectivity index (χ0v) is 39.8. The van der Waals surface area contributed by atoms with Crippen molar-refractivity contribution in [3.63, 3.8) is 0 Å². The van der Waals surface area contributed by atoms with Gasteiger partial charge in [-0.05, 0) is 224 Å². The zero-order valence-electron chi connectivity index (χ0n) is 38.1. The molecule has 12 rings (SSSR count). The fraction of sp³-hybridized carbons (Fsp3) is 1.00. The van der Waals surface area contributed by atoms with Crippen molar-refractivity contribution in [1.29, 1.82) is 0 Å². The van der Waals surface area contributed by atoms with Crippen LogP contribution in [0.1, 0.15) is 225 Å². The van der Waals surface area contributed by atoms with Gasteiger partial charge in [0.15, 0.2) is 0 Å². The molecule has 0 aromatic carbocycles. The van der Waals surface area contributed by atoms with Crippen LogP contribution in [0.2, 0.25) is 0 Å². The first-order chi connectivity index (χ1) is 29.2. The molecule has 2 saturated heterocycles. The summed E-state index contributed by atoms with van der Waals surface area (Å²) in [6.45, 7) is 0. The van der Waals surface area contributed by atoms with E-state index in [0.29, 0.717) is 0 Å². The maximum absolute atomic E-state index is 3.51. The molecular weight excluding hydrogens is 751 g/mol. The highest BCUT2D eigenvalue weighted by Crippen LogP contribution is 2.66. The summed E-state index contributed by atoms with van der Waals surface area (Å²) in [4.78, 5) is 3.51. The van der Waals surface area contributed by atoms with Crippen LogP contribution in [0.4, 0.5) is 0 Å². The zero-order chi connectivity index (χ0) is 38.9. The number of fused-ring (bicyclic) bond motifs is 9. The summed E-state index contributed by atoms with van der Waals surface area (Å²) in [7, 11) is 0. The van der Waals surface area contributed by atoms with Crippen LogP contribution < -0.4 is 0 Å². The Bertz CT molecular complexity index is 1330. The van der Waals surface area contributed by atoms with Gasteiger partial charge in [0.05, 0.1) is 0 Å². The number of nitrogens with zero attached hydrogens (tertiary/aromatic N) is 1. The van der Waals surface area contributed by atoms with Gasteiger partial charge in [-0.3, -0.25) is 4.90 Å². The second-order valence-electron chi connectivity index (χ2n) is 25.2. The largest absolute Gasteiger partial charge is 0.294 e. The SMILES string of the molecule is C1CCC2CC(C3CCC(N(C4CCC(C5CCC6CCCCC6C5)CC4)C4CCCCC4C4CCCC5C6CCC7SC8CCCCC8C7C6SC54)CC3)CCC2C1. The van der Waals surface area contributed by atoms with Crippen LogP contribution in [0.15, 0.2) is 0 Å². The summed E-state index contributed by atoms with van der Waals surface area (Å²) in [5, 5.41) is 4.14. The normalized spacial score (nSPS) is 53.9. The van der Waals surface area contributed by atoms with Gasteiger partial charge in [0.1, 0.15) is 0 Å². The van der Waals surface area contributed by atoms with Gasteiger partial charge in [-0.25, -0.2) is 0 Å². The van der Waals surface area contributed by atoms with Gasteiger partial charge in [-0.15, -0.1) is 0 Å². The van der Waals surface area contributed by atoms with Crippen LogP contribution in [0.5, 0.6) is 0 Å². The molecule has 59 heavy (non-hydrogen) atoms. The van der Waals surface area contributed by atoms with Crippen LogP contribution in [0, 0.1) is 82.9 Å². The Labute approximate surface area is 373 Å². The summed E-state index contributed by atoms with van der Waals surface area (Å²) >= 11 is 5.25. The molecule has 0 aromatic heterocycles. The Morgan fingerprint density at radius 1 is 0.271 bits per heavy atom. The van der Waals surface area contributed by atoms with Crippen molar-refractivity contribution in [2.75, 3.05) is 0 Å². The molecule has 17 unspecified atom stereocenters. The molecule has 2 aliphatic heterocycles.